The molecule has 10 aliphatic rings. The van der Waals surface area contributed by atoms with E-state index in [1.54, 1.807) is 34.8 Å². The fourth-order valence-electron chi connectivity index (χ4n) is 23.7. The van der Waals surface area contributed by atoms with Gasteiger partial charge in [0.1, 0.15) is 65.7 Å². The summed E-state index contributed by atoms with van der Waals surface area (Å²) >= 11 is 8.52. The molecule has 8 aromatic heterocycles. The Labute approximate surface area is 856 Å². The van der Waals surface area contributed by atoms with Crippen molar-refractivity contribution in [1.29, 1.82) is 0 Å². The van der Waals surface area contributed by atoms with Crippen molar-refractivity contribution in [1.82, 2.24) is 9.80 Å². The number of hydrogen-bond acceptors (Lipinski definition) is 15. The van der Waals surface area contributed by atoms with Crippen LogP contribution in [0.1, 0.15) is 321 Å². The molecule has 8 aliphatic carbocycles. The van der Waals surface area contributed by atoms with E-state index in [9.17, 15) is 9.59 Å². The number of methoxy groups -OCH3 is 1. The summed E-state index contributed by atoms with van der Waals surface area (Å²) in [7, 11) is 1.40. The van der Waals surface area contributed by atoms with Gasteiger partial charge in [0.15, 0.2) is 11.5 Å². The van der Waals surface area contributed by atoms with Gasteiger partial charge in [0.2, 0.25) is 0 Å². The Kier molecular flexibility index (Phi) is 22.6. The Bertz CT molecular complexity index is 7260. The third-order valence-corrected chi connectivity index (χ3v) is 42.3. The number of fused-ring (bicyclic) bond motifs is 16. The molecule has 0 saturated carbocycles. The minimum Gasteiger partial charge on any atom is -0.497 e. The Morgan fingerprint density at radius 1 is 0.354 bits per heavy atom. The average Bonchev–Trinajstić information content (AvgIpc) is 1.49. The number of alkyl halides is 12. The molecule has 12 aromatic rings. The van der Waals surface area contributed by atoms with E-state index in [4.69, 9.17) is 32.5 Å². The third kappa shape index (κ3) is 14.6. The second-order valence-corrected chi connectivity index (χ2v) is 54.8. The van der Waals surface area contributed by atoms with Gasteiger partial charge in [-0.25, -0.2) is 9.59 Å². The van der Waals surface area contributed by atoms with Gasteiger partial charge >= 0.3 is 47.7 Å². The van der Waals surface area contributed by atoms with Crippen LogP contribution < -0.4 is 14.2 Å². The van der Waals surface area contributed by atoms with Crippen LogP contribution >= 0.6 is 68.0 Å². The first kappa shape index (κ1) is 101. The lowest BCUT2D eigenvalue weighted by Gasteiger charge is -2.39. The highest BCUT2D eigenvalue weighted by Crippen LogP contribution is 2.76. The van der Waals surface area contributed by atoms with E-state index in [1.165, 1.54) is 86.1 Å². The molecule has 0 N–H and O–H groups in total. The lowest BCUT2D eigenvalue weighted by Crippen LogP contribution is -2.49. The molecule has 2 unspecified atom stereocenters. The zero-order valence-electron chi connectivity index (χ0n) is 85.3. The van der Waals surface area contributed by atoms with E-state index >= 15 is 52.7 Å². The van der Waals surface area contributed by atoms with E-state index in [1.807, 2.05) is 48.5 Å². The van der Waals surface area contributed by atoms with Crippen LogP contribution in [0, 0.1) is 0 Å². The van der Waals surface area contributed by atoms with Gasteiger partial charge in [0.05, 0.1) is 33.3 Å². The van der Waals surface area contributed by atoms with Crippen molar-refractivity contribution >= 4 is 124 Å². The number of thiophene rings is 6. The van der Waals surface area contributed by atoms with Crippen LogP contribution in [-0.4, -0.2) is 117 Å². The Morgan fingerprint density at radius 3 is 1.01 bits per heavy atom. The van der Waals surface area contributed by atoms with E-state index in [2.05, 4.69) is 177 Å². The average molecular weight is 2090 g/mol. The molecule has 2 atom stereocenters. The summed E-state index contributed by atoms with van der Waals surface area (Å²) < 4.78 is 250. The predicted octanol–water partition coefficient (Wildman–Crippen LogP) is 33.3. The molecule has 0 radical (unpaired) electrons. The summed E-state index contributed by atoms with van der Waals surface area (Å²) in [5.41, 5.74) is -6.35. The van der Waals surface area contributed by atoms with Crippen molar-refractivity contribution < 1.29 is 94.8 Å². The van der Waals surface area contributed by atoms with Gasteiger partial charge in [-0.05, 0) is 211 Å². The van der Waals surface area contributed by atoms with Crippen LogP contribution in [0.2, 0.25) is 0 Å². The van der Waals surface area contributed by atoms with Gasteiger partial charge in [0, 0.05) is 120 Å². The number of hydrogen-bond donors (Lipinski definition) is 0. The summed E-state index contributed by atoms with van der Waals surface area (Å²) in [4.78, 5) is 36.6. The van der Waals surface area contributed by atoms with Crippen molar-refractivity contribution in [3.8, 4) is 36.8 Å². The molecule has 0 spiro atoms. The number of nitrogens with zero attached hydrogens (tertiary/aromatic N) is 2. The highest BCUT2D eigenvalue weighted by Gasteiger charge is 2.84. The summed E-state index contributed by atoms with van der Waals surface area (Å²) in [5, 5.41) is -0.186. The van der Waals surface area contributed by atoms with Crippen molar-refractivity contribution in [3.63, 3.8) is 0 Å². The molecular weight excluding hydrogens is 1970 g/mol. The maximum atomic E-state index is 17.9. The molecule has 764 valence electrons. The number of ether oxygens (including phenoxy) is 5. The molecule has 0 bridgehead atoms. The zero-order valence-corrected chi connectivity index (χ0v) is 90.2. The number of rotatable bonds is 15. The maximum Gasteiger partial charge on any atom is 0.410 e. The standard InChI is InChI=1S/C62H66F6N2O7S3.C53H54F6O2S3/c1-54(2,3)33-12-14-34(15-13-33)59(44-31-38-51(80-44)58(10,11)19-17-56(38,6)7)48-45(35-28-40(73-24-20-69-22-26-75-52(69)71)41(32-39(35)77-48)74-25-21-70-23-27-76-53(70)72)47-46(60(63,64)62(67,68)61(47,65)66)36-29-42(78-49(36)59)43-30-37-50(79-43)57(8,9)18-16-55(37,4)5;1-45(2,3)27-13-15-28(16-14-27)50(37-26-33-44(64-37)49(10,11)22-20-47(33,6)7)41-38(30-23-29(60-12)17-18-34(30)61-41)40-39(51(54,55)53(58,59)52(40,56)57)31-24-35(62-42(31)50)36-25-32-43(63-36)48(8,9)21-19-46(32,4)5/h12-15,28-32H,16-27H2,1-11H3;13-18,23-26H,19-22H2,1-12H3. The molecule has 2 aliphatic heterocycles. The monoisotopic (exact) mass is 2090 g/mol. The van der Waals surface area contributed by atoms with Gasteiger partial charge < -0.3 is 42.3 Å². The number of cyclic esters (lactones) is 2. The SMILES string of the molecule is CC(C)(C)c1ccc(C2(c3cc4c(s3)C(C)(C)CCC4(C)C)c3oc4cc(OCCN5CCOC5=O)c(OCCN5CCOC5=O)cc4c3C3=C(c4cc(-c5cc6c(s5)C(C)(C)CCC6(C)C)sc42)C(F)(F)C(F)(F)C3(F)F)cc1.COc1ccc2oc3c(c2c1)C1=C(c2cc(-c4cc5c(s4)C(C)(C)CCC5(C)C)sc2C3(c2ccc(C(C)(C)C)cc2)c2cc3c(s2)C(C)(C)CCC3(C)C)C(F)(F)C(F)(F)C1(F)F. The number of furan rings is 2. The molecule has 22 rings (SSSR count). The van der Waals surface area contributed by atoms with E-state index in [-0.39, 0.29) is 166 Å². The van der Waals surface area contributed by atoms with Crippen molar-refractivity contribution in [3.05, 3.63) is 233 Å². The quantitative estimate of drug-likeness (QED) is 0.0926. The number of benzene rings is 4. The third-order valence-electron chi connectivity index (χ3n) is 33.2. The number of carbonyl (C=O) groups is 2. The molecule has 11 nitrogen and oxygen atoms in total. The van der Waals surface area contributed by atoms with Gasteiger partial charge in [-0.15, -0.1) is 68.0 Å². The highest BCUT2D eigenvalue weighted by molar-refractivity contribution is 7.23. The van der Waals surface area contributed by atoms with Gasteiger partial charge in [0.25, 0.3) is 0 Å². The molecule has 144 heavy (non-hydrogen) atoms. The van der Waals surface area contributed by atoms with E-state index < -0.39 is 97.5 Å². The smallest absolute Gasteiger partial charge is 0.410 e. The second kappa shape index (κ2) is 32.4. The first-order valence-electron chi connectivity index (χ1n) is 49.6. The van der Waals surface area contributed by atoms with Crippen LogP contribution in [0.4, 0.5) is 62.3 Å². The Morgan fingerprint density at radius 2 is 0.674 bits per heavy atom. The van der Waals surface area contributed by atoms with E-state index in [0.717, 1.165) is 120 Å². The molecule has 10 heterocycles. The molecule has 2 saturated heterocycles. The second-order valence-electron chi connectivity index (χ2n) is 48.5. The van der Waals surface area contributed by atoms with Crippen LogP contribution in [-0.2, 0) is 74.5 Å². The highest BCUT2D eigenvalue weighted by atomic mass is 32.1. The van der Waals surface area contributed by atoms with Crippen LogP contribution in [0.25, 0.3) is 63.7 Å². The van der Waals surface area contributed by atoms with Gasteiger partial charge in [-0.2, -0.15) is 52.7 Å². The van der Waals surface area contributed by atoms with Crippen molar-refractivity contribution in [2.45, 2.75) is 304 Å². The minimum absolute atomic E-state index is 0.00142. The number of amides is 2. The first-order chi connectivity index (χ1) is 66.8. The maximum absolute atomic E-state index is 17.9. The molecule has 29 heteroatoms. The normalized spacial score (nSPS) is 23.8. The molecule has 2 fully saturated rings. The topological polar surface area (TPSA) is 113 Å². The number of halogens is 12. The lowest BCUT2D eigenvalue weighted by molar-refractivity contribution is -0.254. The number of carbonyl (C=O) groups excluding carboxylic acids is 2. The predicted molar refractivity (Wildman–Crippen MR) is 552 cm³/mol. The minimum atomic E-state index is -5.89. The molecular formula is C115H120F12N2O9S6. The Balaban J connectivity index is 0.000000174. The van der Waals surface area contributed by atoms with E-state index in [0.29, 0.717) is 37.2 Å². The van der Waals surface area contributed by atoms with Crippen LogP contribution in [0.3, 0.4) is 0 Å². The van der Waals surface area contributed by atoms with Crippen molar-refractivity contribution in [2.24, 2.45) is 0 Å². The summed E-state index contributed by atoms with van der Waals surface area (Å²) in [6.07, 6.45) is 6.04. The first-order valence-corrected chi connectivity index (χ1v) is 54.5. The molecule has 4 aromatic carbocycles. The summed E-state index contributed by atoms with van der Waals surface area (Å²) in [6.45, 7) is 48.3. The fourth-order valence-corrected chi connectivity index (χ4v) is 33.1. The summed E-state index contributed by atoms with van der Waals surface area (Å²) in [6, 6.07) is 34.3. The van der Waals surface area contributed by atoms with Crippen molar-refractivity contribution in [2.75, 3.05) is 59.7 Å². The fraction of sp³-hybridized carbons (Fsp3) is 0.496. The van der Waals surface area contributed by atoms with Gasteiger partial charge in [-0.3, -0.25) is 0 Å². The van der Waals surface area contributed by atoms with Gasteiger partial charge in [-0.1, -0.05) is 201 Å². The van der Waals surface area contributed by atoms with Crippen LogP contribution in [0.15, 0.2) is 124 Å². The number of allylic oxidation sites excluding steroid dienone is 4. The summed E-state index contributed by atoms with van der Waals surface area (Å²) in [5.74, 6) is -33.2. The van der Waals surface area contributed by atoms with Crippen LogP contribution in [0.5, 0.6) is 17.2 Å². The lowest BCUT2D eigenvalue weighted by atomic mass is 9.66. The largest absolute Gasteiger partial charge is 0.497 e. The Hall–Kier alpha value is -9.26. The zero-order chi connectivity index (χ0) is 104. The molecule has 2 amide bonds.